The number of aromatic nitrogens is 1. The maximum atomic E-state index is 12.9. The number of rotatable bonds is 8. The van der Waals surface area contributed by atoms with Crippen LogP contribution in [0, 0.1) is 0 Å². The van der Waals surface area contributed by atoms with Crippen LogP contribution >= 0.6 is 0 Å². The van der Waals surface area contributed by atoms with Crippen LogP contribution in [0.3, 0.4) is 0 Å². The van der Waals surface area contributed by atoms with Crippen molar-refractivity contribution in [1.29, 1.82) is 0 Å². The van der Waals surface area contributed by atoms with Gasteiger partial charge in [0.2, 0.25) is 5.91 Å². The van der Waals surface area contributed by atoms with E-state index in [1.165, 1.54) is 6.08 Å². The molecular formula is C22H22N2O4. The van der Waals surface area contributed by atoms with E-state index >= 15 is 0 Å². The van der Waals surface area contributed by atoms with Gasteiger partial charge in [0.25, 0.3) is 0 Å². The average Bonchev–Trinajstić information content (AvgIpc) is 3.25. The van der Waals surface area contributed by atoms with Crippen molar-refractivity contribution in [3.05, 3.63) is 84.1 Å². The van der Waals surface area contributed by atoms with Crippen LogP contribution in [-0.2, 0) is 17.9 Å². The molecule has 6 nitrogen and oxygen atoms in total. The minimum absolute atomic E-state index is 0.137. The number of ether oxygens (including phenoxy) is 2. The third kappa shape index (κ3) is 5.23. The second-order valence-corrected chi connectivity index (χ2v) is 6.11. The van der Waals surface area contributed by atoms with Crippen LogP contribution in [-0.4, -0.2) is 30.0 Å². The lowest BCUT2D eigenvalue weighted by atomic mass is 10.1. The van der Waals surface area contributed by atoms with Gasteiger partial charge in [-0.15, -0.1) is 0 Å². The summed E-state index contributed by atoms with van der Waals surface area (Å²) < 4.78 is 16.0. The molecule has 28 heavy (non-hydrogen) atoms. The molecule has 144 valence electrons. The molecule has 2 heterocycles. The highest BCUT2D eigenvalue weighted by atomic mass is 16.5. The van der Waals surface area contributed by atoms with E-state index in [0.717, 1.165) is 11.1 Å². The number of nitrogens with zero attached hydrogens (tertiary/aromatic N) is 2. The highest BCUT2D eigenvalue weighted by Gasteiger charge is 2.14. The number of hydrogen-bond acceptors (Lipinski definition) is 5. The van der Waals surface area contributed by atoms with Gasteiger partial charge in [0.15, 0.2) is 0 Å². The topological polar surface area (TPSA) is 64.8 Å². The molecule has 3 aromatic rings. The minimum atomic E-state index is -0.137. The van der Waals surface area contributed by atoms with Crippen molar-refractivity contribution in [2.24, 2.45) is 0 Å². The highest BCUT2D eigenvalue weighted by molar-refractivity contribution is 5.91. The Morgan fingerprint density at radius 3 is 2.50 bits per heavy atom. The predicted molar refractivity (Wildman–Crippen MR) is 106 cm³/mol. The molecule has 0 aliphatic rings. The van der Waals surface area contributed by atoms with Crippen molar-refractivity contribution in [2.45, 2.75) is 13.1 Å². The third-order valence-corrected chi connectivity index (χ3v) is 4.13. The smallest absolute Gasteiger partial charge is 0.247 e. The molecule has 0 saturated carbocycles. The van der Waals surface area contributed by atoms with Crippen molar-refractivity contribution < 1.29 is 18.7 Å². The summed E-state index contributed by atoms with van der Waals surface area (Å²) in [5.41, 5.74) is 1.75. The van der Waals surface area contributed by atoms with Crippen molar-refractivity contribution in [2.75, 3.05) is 14.2 Å². The standard InChI is InChI=1S/C22H22N2O4/c1-26-20-11-17(12-21(13-20)27-2)7-8-22(25)24(16-19-6-4-10-28-19)15-18-5-3-9-23-14-18/h3-14H,15-16H2,1-2H3/b8-7+. The molecule has 0 atom stereocenters. The lowest BCUT2D eigenvalue weighted by molar-refractivity contribution is -0.127. The van der Waals surface area contributed by atoms with Gasteiger partial charge in [-0.25, -0.2) is 0 Å². The quantitative estimate of drug-likeness (QED) is 0.556. The normalized spacial score (nSPS) is 10.8. The van der Waals surface area contributed by atoms with Crippen LogP contribution in [0.15, 0.2) is 71.6 Å². The summed E-state index contributed by atoms with van der Waals surface area (Å²) in [4.78, 5) is 18.7. The van der Waals surface area contributed by atoms with Crippen molar-refractivity contribution in [1.82, 2.24) is 9.88 Å². The first-order chi connectivity index (χ1) is 13.7. The number of benzene rings is 1. The molecule has 0 radical (unpaired) electrons. The molecule has 1 aromatic carbocycles. The van der Waals surface area contributed by atoms with Crippen LogP contribution in [0.2, 0.25) is 0 Å². The second kappa shape index (κ2) is 9.41. The SMILES string of the molecule is COc1cc(/C=C/C(=O)N(Cc2cccnc2)Cc2ccco2)cc(OC)c1. The number of pyridine rings is 1. The lowest BCUT2D eigenvalue weighted by Gasteiger charge is -2.20. The summed E-state index contributed by atoms with van der Waals surface area (Å²) in [7, 11) is 3.18. The summed E-state index contributed by atoms with van der Waals surface area (Å²) in [6, 6.07) is 12.9. The first-order valence-corrected chi connectivity index (χ1v) is 8.79. The van der Waals surface area contributed by atoms with Gasteiger partial charge in [0, 0.05) is 31.1 Å². The molecule has 1 amide bonds. The van der Waals surface area contributed by atoms with Gasteiger partial charge >= 0.3 is 0 Å². The van der Waals surface area contributed by atoms with Crippen molar-refractivity contribution >= 4 is 12.0 Å². The van der Waals surface area contributed by atoms with E-state index in [1.54, 1.807) is 56.0 Å². The number of carbonyl (C=O) groups excluding carboxylic acids is 1. The molecule has 0 spiro atoms. The van der Waals surface area contributed by atoms with Crippen LogP contribution in [0.4, 0.5) is 0 Å². The molecule has 0 saturated heterocycles. The Kier molecular flexibility index (Phi) is 6.46. The minimum Gasteiger partial charge on any atom is -0.497 e. The van der Waals surface area contributed by atoms with E-state index in [4.69, 9.17) is 13.9 Å². The maximum absolute atomic E-state index is 12.9. The Hall–Kier alpha value is -3.54. The van der Waals surface area contributed by atoms with E-state index < -0.39 is 0 Å². The average molecular weight is 378 g/mol. The monoisotopic (exact) mass is 378 g/mol. The fraction of sp³-hybridized carbons (Fsp3) is 0.182. The number of methoxy groups -OCH3 is 2. The number of furan rings is 1. The van der Waals surface area contributed by atoms with Crippen LogP contribution < -0.4 is 9.47 Å². The van der Waals surface area contributed by atoms with E-state index in [2.05, 4.69) is 4.98 Å². The summed E-state index contributed by atoms with van der Waals surface area (Å²) in [5, 5.41) is 0. The molecule has 0 N–H and O–H groups in total. The zero-order valence-corrected chi connectivity index (χ0v) is 15.9. The van der Waals surface area contributed by atoms with Crippen molar-refractivity contribution in [3.8, 4) is 11.5 Å². The first-order valence-electron chi connectivity index (χ1n) is 8.79. The van der Waals surface area contributed by atoms with E-state index in [9.17, 15) is 4.79 Å². The van der Waals surface area contributed by atoms with E-state index in [1.807, 2.05) is 30.3 Å². The molecule has 0 bridgehead atoms. The summed E-state index contributed by atoms with van der Waals surface area (Å²) in [5.74, 6) is 1.90. The van der Waals surface area contributed by atoms with Crippen LogP contribution in [0.25, 0.3) is 6.08 Å². The highest BCUT2D eigenvalue weighted by Crippen LogP contribution is 2.23. The summed E-state index contributed by atoms with van der Waals surface area (Å²) >= 11 is 0. The van der Waals surface area contributed by atoms with E-state index in [-0.39, 0.29) is 5.91 Å². The summed E-state index contributed by atoms with van der Waals surface area (Å²) in [6.07, 6.45) is 8.33. The Bertz CT molecular complexity index is 899. The Balaban J connectivity index is 1.79. The number of amides is 1. The van der Waals surface area contributed by atoms with E-state index in [0.29, 0.717) is 30.3 Å². The molecule has 0 aliphatic carbocycles. The Labute approximate surface area is 164 Å². The zero-order valence-electron chi connectivity index (χ0n) is 15.9. The lowest BCUT2D eigenvalue weighted by Crippen LogP contribution is -2.28. The number of hydrogen-bond donors (Lipinski definition) is 0. The largest absolute Gasteiger partial charge is 0.497 e. The Morgan fingerprint density at radius 1 is 1.11 bits per heavy atom. The van der Waals surface area contributed by atoms with Crippen molar-refractivity contribution in [3.63, 3.8) is 0 Å². The summed E-state index contributed by atoms with van der Waals surface area (Å²) in [6.45, 7) is 0.797. The van der Waals surface area contributed by atoms with Gasteiger partial charge in [-0.3, -0.25) is 9.78 Å². The predicted octanol–water partition coefficient (Wildman–Crippen LogP) is 3.93. The molecule has 0 aliphatic heterocycles. The molecule has 6 heteroatoms. The Morgan fingerprint density at radius 2 is 1.89 bits per heavy atom. The zero-order chi connectivity index (χ0) is 19.8. The molecule has 0 fully saturated rings. The van der Waals surface area contributed by atoms with Gasteiger partial charge in [0.05, 0.1) is 27.0 Å². The fourth-order valence-electron chi connectivity index (χ4n) is 2.71. The molecule has 0 unspecified atom stereocenters. The van der Waals surface area contributed by atoms with Gasteiger partial charge in [-0.2, -0.15) is 0 Å². The fourth-order valence-corrected chi connectivity index (χ4v) is 2.71. The first kappa shape index (κ1) is 19.2. The van der Waals surface area contributed by atoms with Gasteiger partial charge in [-0.1, -0.05) is 6.07 Å². The molecule has 2 aromatic heterocycles. The molecule has 3 rings (SSSR count). The van der Waals surface area contributed by atoms with Crippen LogP contribution in [0.5, 0.6) is 11.5 Å². The number of carbonyl (C=O) groups is 1. The maximum Gasteiger partial charge on any atom is 0.247 e. The van der Waals surface area contributed by atoms with Crippen LogP contribution in [0.1, 0.15) is 16.9 Å². The third-order valence-electron chi connectivity index (χ3n) is 4.13. The molecular weight excluding hydrogens is 356 g/mol. The van der Waals surface area contributed by atoms with Gasteiger partial charge in [0.1, 0.15) is 17.3 Å². The van der Waals surface area contributed by atoms with Gasteiger partial charge < -0.3 is 18.8 Å². The van der Waals surface area contributed by atoms with Gasteiger partial charge in [-0.05, 0) is 47.5 Å². The second-order valence-electron chi connectivity index (χ2n) is 6.11.